The van der Waals surface area contributed by atoms with Gasteiger partial charge < -0.3 is 4.74 Å². The van der Waals surface area contributed by atoms with Crippen LogP contribution >= 0.6 is 0 Å². The van der Waals surface area contributed by atoms with Crippen LogP contribution in [0.15, 0.2) is 0 Å². The van der Waals surface area contributed by atoms with Crippen molar-refractivity contribution in [2.45, 2.75) is 39.7 Å². The van der Waals surface area contributed by atoms with E-state index >= 15 is 0 Å². The Hall–Kier alpha value is -0.530. The number of hydrogen-bond acceptors (Lipinski definition) is 2. The Bertz CT molecular complexity index is 152. The van der Waals surface area contributed by atoms with Gasteiger partial charge in [-0.25, -0.2) is 0 Å². The van der Waals surface area contributed by atoms with E-state index in [4.69, 9.17) is 4.74 Å². The van der Waals surface area contributed by atoms with Gasteiger partial charge in [-0.05, 0) is 25.7 Å². The van der Waals surface area contributed by atoms with Gasteiger partial charge in [0.2, 0.25) is 0 Å². The molecule has 2 heteroatoms. The zero-order chi connectivity index (χ0) is 8.43. The summed E-state index contributed by atoms with van der Waals surface area (Å²) >= 11 is 0. The fraction of sp³-hybridized carbons (Fsp3) is 0.889. The molecular formula is C9H16O2. The third-order valence-electron chi connectivity index (χ3n) is 2.31. The lowest BCUT2D eigenvalue weighted by Crippen LogP contribution is -2.32. The second kappa shape index (κ2) is 3.24. The molecule has 11 heavy (non-hydrogen) atoms. The Morgan fingerprint density at radius 2 is 2.09 bits per heavy atom. The van der Waals surface area contributed by atoms with Gasteiger partial charge in [-0.1, -0.05) is 13.8 Å². The van der Waals surface area contributed by atoms with E-state index in [1.54, 1.807) is 0 Å². The molecule has 0 aromatic rings. The van der Waals surface area contributed by atoms with Gasteiger partial charge in [0, 0.05) is 0 Å². The summed E-state index contributed by atoms with van der Waals surface area (Å²) in [4.78, 5) is 11.2. The quantitative estimate of drug-likeness (QED) is 0.543. The van der Waals surface area contributed by atoms with Crippen LogP contribution in [0.25, 0.3) is 0 Å². The van der Waals surface area contributed by atoms with Crippen molar-refractivity contribution in [1.29, 1.82) is 0 Å². The predicted octanol–water partition coefficient (Wildman–Crippen LogP) is 1.98. The molecule has 0 aliphatic carbocycles. The van der Waals surface area contributed by atoms with Gasteiger partial charge in [0.05, 0.1) is 12.0 Å². The summed E-state index contributed by atoms with van der Waals surface area (Å²) in [5.41, 5.74) is 0. The molecule has 1 fully saturated rings. The molecule has 64 valence electrons. The van der Waals surface area contributed by atoms with Gasteiger partial charge in [-0.3, -0.25) is 4.79 Å². The summed E-state index contributed by atoms with van der Waals surface area (Å²) in [6.45, 7) is 6.10. The topological polar surface area (TPSA) is 26.3 Å². The number of cyclic esters (lactones) is 1. The first-order valence-corrected chi connectivity index (χ1v) is 4.31. The highest BCUT2D eigenvalue weighted by molar-refractivity contribution is 5.73. The molecular weight excluding hydrogens is 140 g/mol. The van der Waals surface area contributed by atoms with Gasteiger partial charge in [0.15, 0.2) is 0 Å². The van der Waals surface area contributed by atoms with E-state index in [0.717, 1.165) is 12.8 Å². The molecule has 0 amide bonds. The third-order valence-corrected chi connectivity index (χ3v) is 2.31. The Morgan fingerprint density at radius 1 is 1.45 bits per heavy atom. The number of hydrogen-bond donors (Lipinski definition) is 0. The molecule has 1 rings (SSSR count). The molecule has 2 nitrogen and oxygen atoms in total. The van der Waals surface area contributed by atoms with Crippen LogP contribution in [-0.2, 0) is 9.53 Å². The summed E-state index contributed by atoms with van der Waals surface area (Å²) < 4.78 is 5.12. The van der Waals surface area contributed by atoms with Gasteiger partial charge in [-0.2, -0.15) is 0 Å². The minimum atomic E-state index is -0.00116. The van der Waals surface area contributed by atoms with E-state index < -0.39 is 0 Å². The first-order valence-electron chi connectivity index (χ1n) is 4.31. The zero-order valence-electron chi connectivity index (χ0n) is 7.46. The van der Waals surface area contributed by atoms with Crippen molar-refractivity contribution in [3.63, 3.8) is 0 Å². The molecule has 2 atom stereocenters. The molecule has 0 N–H and O–H groups in total. The number of carbonyl (C=O) groups is 1. The Morgan fingerprint density at radius 3 is 2.55 bits per heavy atom. The third kappa shape index (κ3) is 1.95. The molecule has 0 bridgehead atoms. The average molecular weight is 156 g/mol. The van der Waals surface area contributed by atoms with Crippen molar-refractivity contribution in [2.24, 2.45) is 11.8 Å². The van der Waals surface area contributed by atoms with Crippen molar-refractivity contribution >= 4 is 5.97 Å². The first-order chi connectivity index (χ1) is 5.11. The number of ether oxygens (including phenoxy) is 1. The molecule has 1 aliphatic heterocycles. The van der Waals surface area contributed by atoms with Gasteiger partial charge in [-0.15, -0.1) is 0 Å². The largest absolute Gasteiger partial charge is 0.462 e. The fourth-order valence-corrected chi connectivity index (χ4v) is 1.48. The molecule has 0 spiro atoms. The molecule has 0 aromatic carbocycles. The Kier molecular flexibility index (Phi) is 2.53. The van der Waals surface area contributed by atoms with E-state index in [-0.39, 0.29) is 18.0 Å². The maximum atomic E-state index is 11.2. The first kappa shape index (κ1) is 8.57. The normalized spacial score (nSPS) is 32.2. The standard InChI is InChI=1S/C9H16O2/c1-6(2)8-5-4-7(3)11-9(8)10/h6-8H,4-5H2,1-3H3. The molecule has 2 unspecified atom stereocenters. The van der Waals surface area contributed by atoms with Gasteiger partial charge in [0.1, 0.15) is 0 Å². The molecule has 0 saturated carbocycles. The zero-order valence-corrected chi connectivity index (χ0v) is 7.46. The van der Waals surface area contributed by atoms with Crippen LogP contribution in [-0.4, -0.2) is 12.1 Å². The van der Waals surface area contributed by atoms with Crippen LogP contribution in [0.4, 0.5) is 0 Å². The lowest BCUT2D eigenvalue weighted by molar-refractivity contribution is -0.161. The Labute approximate surface area is 67.9 Å². The van der Waals surface area contributed by atoms with Crippen molar-refractivity contribution in [2.75, 3.05) is 0 Å². The highest BCUT2D eigenvalue weighted by Gasteiger charge is 2.29. The molecule has 1 heterocycles. The molecule has 0 radical (unpaired) electrons. The van der Waals surface area contributed by atoms with Crippen molar-refractivity contribution in [3.8, 4) is 0 Å². The molecule has 1 aliphatic rings. The highest BCUT2D eigenvalue weighted by atomic mass is 16.5. The number of esters is 1. The summed E-state index contributed by atoms with van der Waals surface area (Å²) in [7, 11) is 0. The van der Waals surface area contributed by atoms with Gasteiger partial charge in [0.25, 0.3) is 0 Å². The Balaban J connectivity index is 2.51. The van der Waals surface area contributed by atoms with E-state index in [9.17, 15) is 4.79 Å². The summed E-state index contributed by atoms with van der Waals surface area (Å²) in [5, 5.41) is 0. The summed E-state index contributed by atoms with van der Waals surface area (Å²) in [6, 6.07) is 0. The minimum Gasteiger partial charge on any atom is -0.462 e. The van der Waals surface area contributed by atoms with Crippen LogP contribution in [0.3, 0.4) is 0 Å². The second-order valence-corrected chi connectivity index (χ2v) is 3.68. The van der Waals surface area contributed by atoms with Crippen molar-refractivity contribution in [1.82, 2.24) is 0 Å². The van der Waals surface area contributed by atoms with Crippen LogP contribution in [0.2, 0.25) is 0 Å². The maximum Gasteiger partial charge on any atom is 0.309 e. The minimum absolute atomic E-state index is 0.00116. The smallest absolute Gasteiger partial charge is 0.309 e. The molecule has 1 saturated heterocycles. The average Bonchev–Trinajstić information content (AvgIpc) is 1.85. The summed E-state index contributed by atoms with van der Waals surface area (Å²) in [6.07, 6.45) is 2.16. The van der Waals surface area contributed by atoms with E-state index in [1.165, 1.54) is 0 Å². The van der Waals surface area contributed by atoms with E-state index in [0.29, 0.717) is 5.92 Å². The van der Waals surface area contributed by atoms with Crippen LogP contribution in [0.5, 0.6) is 0 Å². The van der Waals surface area contributed by atoms with E-state index in [1.807, 2.05) is 6.92 Å². The number of carbonyl (C=O) groups excluding carboxylic acids is 1. The monoisotopic (exact) mass is 156 g/mol. The highest BCUT2D eigenvalue weighted by Crippen LogP contribution is 2.25. The van der Waals surface area contributed by atoms with E-state index in [2.05, 4.69) is 13.8 Å². The summed E-state index contributed by atoms with van der Waals surface area (Å²) in [5.74, 6) is 0.569. The maximum absolute atomic E-state index is 11.2. The van der Waals surface area contributed by atoms with Crippen molar-refractivity contribution in [3.05, 3.63) is 0 Å². The van der Waals surface area contributed by atoms with Crippen LogP contribution < -0.4 is 0 Å². The lowest BCUT2D eigenvalue weighted by Gasteiger charge is -2.27. The SMILES string of the molecule is CC1CCC(C(C)C)C(=O)O1. The van der Waals surface area contributed by atoms with Gasteiger partial charge >= 0.3 is 5.97 Å². The molecule has 0 aromatic heterocycles. The lowest BCUT2D eigenvalue weighted by atomic mass is 9.88. The predicted molar refractivity (Wildman–Crippen MR) is 43.1 cm³/mol. The fourth-order valence-electron chi connectivity index (χ4n) is 1.48. The van der Waals surface area contributed by atoms with Crippen LogP contribution in [0, 0.1) is 11.8 Å². The number of rotatable bonds is 1. The van der Waals surface area contributed by atoms with Crippen LogP contribution in [0.1, 0.15) is 33.6 Å². The second-order valence-electron chi connectivity index (χ2n) is 3.68. The van der Waals surface area contributed by atoms with Crippen molar-refractivity contribution < 1.29 is 9.53 Å².